The standard InChI is InChI=1S/C18H22N2O4/c21-17-8-6-14(19-17)18(22)20(13-3-1-2-4-13)10-12-5-7-15-16(9-12)24-11-23-15/h5,7,9,13-14H,1-4,6,8,10-11H2,(H,19,21)/t14-/m0/s1. The molecule has 128 valence electrons. The zero-order valence-corrected chi connectivity index (χ0v) is 13.6. The molecule has 0 radical (unpaired) electrons. The third kappa shape index (κ3) is 2.92. The first kappa shape index (κ1) is 15.3. The van der Waals surface area contributed by atoms with Crippen molar-refractivity contribution in [2.45, 2.75) is 57.2 Å². The van der Waals surface area contributed by atoms with Gasteiger partial charge >= 0.3 is 0 Å². The van der Waals surface area contributed by atoms with Crippen LogP contribution in [0.2, 0.25) is 0 Å². The van der Waals surface area contributed by atoms with Crippen LogP contribution in [0.1, 0.15) is 44.1 Å². The second kappa shape index (κ2) is 6.34. The Kier molecular flexibility index (Phi) is 4.04. The molecule has 2 aliphatic heterocycles. The van der Waals surface area contributed by atoms with E-state index in [-0.39, 0.29) is 30.7 Å². The molecule has 3 aliphatic rings. The Balaban J connectivity index is 1.54. The van der Waals surface area contributed by atoms with E-state index in [9.17, 15) is 9.59 Å². The van der Waals surface area contributed by atoms with E-state index in [2.05, 4.69) is 5.32 Å². The molecule has 1 saturated carbocycles. The van der Waals surface area contributed by atoms with Gasteiger partial charge in [-0.15, -0.1) is 0 Å². The highest BCUT2D eigenvalue weighted by Gasteiger charge is 2.35. The van der Waals surface area contributed by atoms with Crippen LogP contribution in [0.15, 0.2) is 18.2 Å². The summed E-state index contributed by atoms with van der Waals surface area (Å²) < 4.78 is 10.8. The Morgan fingerprint density at radius 1 is 1.17 bits per heavy atom. The maximum Gasteiger partial charge on any atom is 0.245 e. The maximum atomic E-state index is 13.0. The van der Waals surface area contributed by atoms with Crippen LogP contribution < -0.4 is 14.8 Å². The zero-order chi connectivity index (χ0) is 16.5. The summed E-state index contributed by atoms with van der Waals surface area (Å²) in [6, 6.07) is 5.72. The van der Waals surface area contributed by atoms with Gasteiger partial charge in [0, 0.05) is 19.0 Å². The van der Waals surface area contributed by atoms with E-state index >= 15 is 0 Å². The molecule has 1 saturated heterocycles. The first-order chi connectivity index (χ1) is 11.7. The van der Waals surface area contributed by atoms with Crippen molar-refractivity contribution in [2.24, 2.45) is 0 Å². The van der Waals surface area contributed by atoms with E-state index in [0.717, 1.165) is 42.7 Å². The lowest BCUT2D eigenvalue weighted by atomic mass is 10.1. The molecule has 2 heterocycles. The van der Waals surface area contributed by atoms with Gasteiger partial charge in [-0.25, -0.2) is 0 Å². The van der Waals surface area contributed by atoms with E-state index in [1.807, 2.05) is 23.1 Å². The summed E-state index contributed by atoms with van der Waals surface area (Å²) in [5.41, 5.74) is 1.03. The number of ether oxygens (including phenoxy) is 2. The number of amides is 2. The van der Waals surface area contributed by atoms with Gasteiger partial charge in [0.05, 0.1) is 0 Å². The average Bonchev–Trinajstić information content (AvgIpc) is 3.32. The molecule has 0 spiro atoms. The minimum atomic E-state index is -0.368. The topological polar surface area (TPSA) is 67.9 Å². The molecular weight excluding hydrogens is 308 g/mol. The smallest absolute Gasteiger partial charge is 0.245 e. The summed E-state index contributed by atoms with van der Waals surface area (Å²) in [6.45, 7) is 0.796. The summed E-state index contributed by atoms with van der Waals surface area (Å²) in [7, 11) is 0. The summed E-state index contributed by atoms with van der Waals surface area (Å²) in [5, 5.41) is 2.81. The highest BCUT2D eigenvalue weighted by molar-refractivity contribution is 5.91. The van der Waals surface area contributed by atoms with Crippen molar-refractivity contribution in [1.82, 2.24) is 10.2 Å². The number of carbonyl (C=O) groups is 2. The van der Waals surface area contributed by atoms with Crippen molar-refractivity contribution < 1.29 is 19.1 Å². The second-order valence-electron chi connectivity index (χ2n) is 6.75. The van der Waals surface area contributed by atoms with Crippen molar-refractivity contribution in [3.05, 3.63) is 23.8 Å². The van der Waals surface area contributed by atoms with E-state index in [1.54, 1.807) is 0 Å². The molecular formula is C18H22N2O4. The van der Waals surface area contributed by atoms with Crippen molar-refractivity contribution in [3.8, 4) is 11.5 Å². The first-order valence-corrected chi connectivity index (χ1v) is 8.69. The van der Waals surface area contributed by atoms with Crippen molar-refractivity contribution in [3.63, 3.8) is 0 Å². The third-order valence-electron chi connectivity index (χ3n) is 5.13. The predicted octanol–water partition coefficient (Wildman–Crippen LogP) is 1.97. The van der Waals surface area contributed by atoms with Crippen molar-refractivity contribution >= 4 is 11.8 Å². The Morgan fingerprint density at radius 3 is 2.71 bits per heavy atom. The average molecular weight is 330 g/mol. The van der Waals surface area contributed by atoms with Crippen LogP contribution in [0.25, 0.3) is 0 Å². The lowest BCUT2D eigenvalue weighted by Crippen LogP contribution is -2.47. The van der Waals surface area contributed by atoms with Crippen LogP contribution in [0.3, 0.4) is 0 Å². The molecule has 1 aromatic carbocycles. The van der Waals surface area contributed by atoms with Crippen LogP contribution in [0.4, 0.5) is 0 Å². The van der Waals surface area contributed by atoms with E-state index < -0.39 is 0 Å². The second-order valence-corrected chi connectivity index (χ2v) is 6.75. The molecule has 1 atom stereocenters. The molecule has 24 heavy (non-hydrogen) atoms. The minimum Gasteiger partial charge on any atom is -0.454 e. The molecule has 1 aliphatic carbocycles. The number of nitrogens with zero attached hydrogens (tertiary/aromatic N) is 1. The summed E-state index contributed by atoms with van der Waals surface area (Å²) in [6.07, 6.45) is 5.44. The quantitative estimate of drug-likeness (QED) is 0.916. The molecule has 0 unspecified atom stereocenters. The molecule has 1 aromatic rings. The molecule has 4 rings (SSSR count). The first-order valence-electron chi connectivity index (χ1n) is 8.69. The highest BCUT2D eigenvalue weighted by Crippen LogP contribution is 2.34. The summed E-state index contributed by atoms with van der Waals surface area (Å²) >= 11 is 0. The normalized spacial score (nSPS) is 22.7. The third-order valence-corrected chi connectivity index (χ3v) is 5.13. The molecule has 6 nitrogen and oxygen atoms in total. The van der Waals surface area contributed by atoms with Gasteiger partial charge in [0.25, 0.3) is 0 Å². The summed E-state index contributed by atoms with van der Waals surface area (Å²) in [4.78, 5) is 26.4. The van der Waals surface area contributed by atoms with Gasteiger partial charge in [-0.3, -0.25) is 9.59 Å². The molecule has 2 fully saturated rings. The lowest BCUT2D eigenvalue weighted by molar-refractivity contribution is -0.137. The van der Waals surface area contributed by atoms with E-state index in [0.29, 0.717) is 19.4 Å². The van der Waals surface area contributed by atoms with Crippen molar-refractivity contribution in [2.75, 3.05) is 6.79 Å². The van der Waals surface area contributed by atoms with Crippen LogP contribution in [0.5, 0.6) is 11.5 Å². The fourth-order valence-corrected chi connectivity index (χ4v) is 3.84. The Bertz CT molecular complexity index is 654. The number of hydrogen-bond acceptors (Lipinski definition) is 4. The van der Waals surface area contributed by atoms with Gasteiger partial charge in [-0.1, -0.05) is 18.9 Å². The number of hydrogen-bond donors (Lipinski definition) is 1. The Hall–Kier alpha value is -2.24. The predicted molar refractivity (Wildman–Crippen MR) is 86.5 cm³/mol. The fourth-order valence-electron chi connectivity index (χ4n) is 3.84. The van der Waals surface area contributed by atoms with Crippen molar-refractivity contribution in [1.29, 1.82) is 0 Å². The van der Waals surface area contributed by atoms with Gasteiger partial charge in [-0.2, -0.15) is 0 Å². The number of rotatable bonds is 4. The van der Waals surface area contributed by atoms with E-state index in [1.165, 1.54) is 0 Å². The molecule has 6 heteroatoms. The van der Waals surface area contributed by atoms with Gasteiger partial charge < -0.3 is 19.7 Å². The van der Waals surface area contributed by atoms with Gasteiger partial charge in [0.2, 0.25) is 18.6 Å². The number of carbonyl (C=O) groups excluding carboxylic acids is 2. The van der Waals surface area contributed by atoms with Crippen LogP contribution >= 0.6 is 0 Å². The highest BCUT2D eigenvalue weighted by atomic mass is 16.7. The maximum absolute atomic E-state index is 13.0. The SMILES string of the molecule is O=C1CC[C@@H](C(=O)N(Cc2ccc3c(c2)OCO3)C2CCCC2)N1. The number of benzene rings is 1. The fraction of sp³-hybridized carbons (Fsp3) is 0.556. The van der Waals surface area contributed by atoms with Gasteiger partial charge in [0.1, 0.15) is 6.04 Å². The monoisotopic (exact) mass is 330 g/mol. The summed E-state index contributed by atoms with van der Waals surface area (Å²) in [5.74, 6) is 1.51. The van der Waals surface area contributed by atoms with E-state index in [4.69, 9.17) is 9.47 Å². The lowest BCUT2D eigenvalue weighted by Gasteiger charge is -2.31. The molecule has 1 N–H and O–H groups in total. The van der Waals surface area contributed by atoms with Crippen LogP contribution in [0, 0.1) is 0 Å². The van der Waals surface area contributed by atoms with Crippen LogP contribution in [-0.2, 0) is 16.1 Å². The Morgan fingerprint density at radius 2 is 1.96 bits per heavy atom. The molecule has 0 bridgehead atoms. The molecule has 2 amide bonds. The van der Waals surface area contributed by atoms with Gasteiger partial charge in [-0.05, 0) is 37.0 Å². The number of fused-ring (bicyclic) bond motifs is 1. The zero-order valence-electron chi connectivity index (χ0n) is 13.6. The molecule has 0 aromatic heterocycles. The Labute approximate surface area is 141 Å². The largest absolute Gasteiger partial charge is 0.454 e. The van der Waals surface area contributed by atoms with Gasteiger partial charge in [0.15, 0.2) is 11.5 Å². The number of nitrogens with one attached hydrogen (secondary N) is 1. The minimum absolute atomic E-state index is 0.0252. The van der Waals surface area contributed by atoms with Crippen LogP contribution in [-0.4, -0.2) is 35.6 Å².